The minimum atomic E-state index is 1.06. The molecule has 1 fully saturated rings. The summed E-state index contributed by atoms with van der Waals surface area (Å²) >= 11 is 1.85. The van der Waals surface area contributed by atoms with E-state index in [2.05, 4.69) is 99.7 Å². The first kappa shape index (κ1) is 17.8. The summed E-state index contributed by atoms with van der Waals surface area (Å²) in [5.41, 5.74) is 5.13. The van der Waals surface area contributed by atoms with Gasteiger partial charge in [0.25, 0.3) is 0 Å². The number of piperazine rings is 1. The predicted molar refractivity (Wildman–Crippen MR) is 129 cm³/mol. The van der Waals surface area contributed by atoms with Crippen LogP contribution in [-0.2, 0) is 0 Å². The van der Waals surface area contributed by atoms with Gasteiger partial charge in [0.2, 0.25) is 0 Å². The van der Waals surface area contributed by atoms with Gasteiger partial charge in [0, 0.05) is 47.5 Å². The lowest BCUT2D eigenvalue weighted by molar-refractivity contribution is 0.589. The van der Waals surface area contributed by atoms with E-state index in [9.17, 15) is 0 Å². The zero-order valence-corrected chi connectivity index (χ0v) is 17.5. The average molecular weight is 410 g/mol. The molecule has 0 spiro atoms. The maximum Gasteiger partial charge on any atom is 0.101 e. The van der Waals surface area contributed by atoms with E-state index in [-0.39, 0.29) is 0 Å². The summed E-state index contributed by atoms with van der Waals surface area (Å²) in [4.78, 5) is 3.76. The summed E-state index contributed by atoms with van der Waals surface area (Å²) in [6.45, 7) is 4.29. The van der Waals surface area contributed by atoms with Crippen LogP contribution in [0, 0.1) is 0 Å². The van der Waals surface area contributed by atoms with Crippen LogP contribution < -0.4 is 10.2 Å². The number of aromatic nitrogens is 1. The number of nitrogens with zero attached hydrogens (tertiary/aromatic N) is 2. The van der Waals surface area contributed by atoms with Gasteiger partial charge in [-0.05, 0) is 42.0 Å². The summed E-state index contributed by atoms with van der Waals surface area (Å²) in [6, 6.07) is 30.9. The Bertz CT molecular complexity index is 1270. The van der Waals surface area contributed by atoms with E-state index in [0.29, 0.717) is 0 Å². The first-order valence-corrected chi connectivity index (χ1v) is 11.3. The van der Waals surface area contributed by atoms with Gasteiger partial charge in [0.15, 0.2) is 0 Å². The van der Waals surface area contributed by atoms with Crippen LogP contribution >= 0.6 is 11.3 Å². The van der Waals surface area contributed by atoms with Crippen LogP contribution in [-0.4, -0.2) is 30.7 Å². The molecule has 30 heavy (non-hydrogen) atoms. The highest BCUT2D eigenvalue weighted by Gasteiger charge is 2.14. The smallest absolute Gasteiger partial charge is 0.101 e. The topological polar surface area (TPSA) is 20.2 Å². The van der Waals surface area contributed by atoms with Crippen LogP contribution in [0.3, 0.4) is 0 Å². The summed E-state index contributed by atoms with van der Waals surface area (Å²) in [7, 11) is 0. The number of para-hydroxylation sites is 2. The summed E-state index contributed by atoms with van der Waals surface area (Å²) < 4.78 is 2.40. The van der Waals surface area contributed by atoms with Gasteiger partial charge in [0.05, 0.1) is 11.0 Å². The molecule has 0 bridgehead atoms. The molecule has 3 aromatic carbocycles. The minimum Gasteiger partial charge on any atom is -0.369 e. The van der Waals surface area contributed by atoms with Crippen LogP contribution in [0.25, 0.3) is 37.2 Å². The van der Waals surface area contributed by atoms with Gasteiger partial charge in [-0.25, -0.2) is 0 Å². The van der Waals surface area contributed by atoms with Crippen LogP contribution in [0.5, 0.6) is 0 Å². The fourth-order valence-electron chi connectivity index (χ4n) is 4.52. The van der Waals surface area contributed by atoms with Crippen LogP contribution in [0.15, 0.2) is 84.9 Å². The monoisotopic (exact) mass is 409 g/mol. The Labute approximate surface area is 180 Å². The Morgan fingerprint density at radius 1 is 0.667 bits per heavy atom. The quantitative estimate of drug-likeness (QED) is 0.399. The van der Waals surface area contributed by atoms with E-state index in [1.165, 1.54) is 42.9 Å². The lowest BCUT2D eigenvalue weighted by Gasteiger charge is -2.29. The van der Waals surface area contributed by atoms with Gasteiger partial charge >= 0.3 is 0 Å². The van der Waals surface area contributed by atoms with Crippen molar-refractivity contribution in [2.75, 3.05) is 31.1 Å². The molecule has 4 heteroatoms. The van der Waals surface area contributed by atoms with Crippen LogP contribution in [0.1, 0.15) is 0 Å². The van der Waals surface area contributed by atoms with Gasteiger partial charge < -0.3 is 14.8 Å². The number of hydrogen-bond acceptors (Lipinski definition) is 3. The fraction of sp³-hybridized carbons (Fsp3) is 0.154. The van der Waals surface area contributed by atoms with E-state index in [0.717, 1.165) is 26.2 Å². The van der Waals surface area contributed by atoms with E-state index in [4.69, 9.17) is 0 Å². The fourth-order valence-corrected chi connectivity index (χ4v) is 5.56. The van der Waals surface area contributed by atoms with Crippen molar-refractivity contribution in [3.8, 4) is 15.4 Å². The van der Waals surface area contributed by atoms with Crippen molar-refractivity contribution in [2.24, 2.45) is 0 Å². The average Bonchev–Trinajstić information content (AvgIpc) is 3.43. The number of hydrogen-bond donors (Lipinski definition) is 1. The lowest BCUT2D eigenvalue weighted by Crippen LogP contribution is -2.43. The molecule has 1 N–H and O–H groups in total. The third-order valence-electron chi connectivity index (χ3n) is 6.03. The second-order valence-electron chi connectivity index (χ2n) is 7.79. The molecule has 3 heterocycles. The Hall–Kier alpha value is -3.08. The standard InChI is InChI=1S/C26H23N3S/c1-3-7-23-21(5-1)22-6-2-4-8-24(22)29(23)26-14-13-25(30-26)19-9-11-20(12-10-19)28-17-15-27-16-18-28/h1-14,27H,15-18H2. The molecule has 0 saturated carbocycles. The summed E-state index contributed by atoms with van der Waals surface area (Å²) in [5, 5.41) is 7.30. The van der Waals surface area contributed by atoms with Crippen LogP contribution in [0.2, 0.25) is 0 Å². The van der Waals surface area contributed by atoms with Gasteiger partial charge in [-0.15, -0.1) is 11.3 Å². The van der Waals surface area contributed by atoms with Crippen molar-refractivity contribution < 1.29 is 0 Å². The Kier molecular flexibility index (Phi) is 4.33. The molecule has 3 nitrogen and oxygen atoms in total. The SMILES string of the molecule is c1ccc2c(c1)c1ccccc1n2-c1ccc(-c2ccc(N3CCNCC3)cc2)s1. The van der Waals surface area contributed by atoms with Crippen molar-refractivity contribution in [1.29, 1.82) is 0 Å². The molecule has 2 aromatic heterocycles. The molecule has 0 radical (unpaired) electrons. The second-order valence-corrected chi connectivity index (χ2v) is 8.85. The highest BCUT2D eigenvalue weighted by atomic mass is 32.1. The van der Waals surface area contributed by atoms with E-state index in [1.807, 2.05) is 11.3 Å². The highest BCUT2D eigenvalue weighted by Crippen LogP contribution is 2.37. The number of rotatable bonds is 3. The molecular weight excluding hydrogens is 386 g/mol. The number of thiophene rings is 1. The Morgan fingerprint density at radius 3 is 1.97 bits per heavy atom. The zero-order chi connectivity index (χ0) is 19.9. The molecule has 0 atom stereocenters. The Balaban J connectivity index is 1.39. The lowest BCUT2D eigenvalue weighted by atomic mass is 10.1. The molecule has 6 rings (SSSR count). The first-order valence-electron chi connectivity index (χ1n) is 10.5. The van der Waals surface area contributed by atoms with E-state index >= 15 is 0 Å². The molecule has 1 aliphatic rings. The van der Waals surface area contributed by atoms with Gasteiger partial charge in [0.1, 0.15) is 5.00 Å². The molecule has 0 aliphatic carbocycles. The maximum atomic E-state index is 3.42. The highest BCUT2D eigenvalue weighted by molar-refractivity contribution is 7.18. The van der Waals surface area contributed by atoms with Crippen molar-refractivity contribution in [3.05, 3.63) is 84.9 Å². The maximum absolute atomic E-state index is 3.42. The molecule has 1 aliphatic heterocycles. The van der Waals surface area contributed by atoms with Crippen LogP contribution in [0.4, 0.5) is 5.69 Å². The molecule has 0 amide bonds. The number of fused-ring (bicyclic) bond motifs is 3. The normalized spacial score (nSPS) is 14.6. The largest absolute Gasteiger partial charge is 0.369 e. The second kappa shape index (κ2) is 7.31. The third kappa shape index (κ3) is 2.92. The van der Waals surface area contributed by atoms with Gasteiger partial charge in [-0.1, -0.05) is 48.5 Å². The minimum absolute atomic E-state index is 1.06. The first-order chi connectivity index (χ1) is 14.9. The van der Waals surface area contributed by atoms with E-state index in [1.54, 1.807) is 0 Å². The van der Waals surface area contributed by atoms with Gasteiger partial charge in [-0.3, -0.25) is 0 Å². The van der Waals surface area contributed by atoms with Gasteiger partial charge in [-0.2, -0.15) is 0 Å². The van der Waals surface area contributed by atoms with Crippen molar-refractivity contribution in [1.82, 2.24) is 9.88 Å². The summed E-state index contributed by atoms with van der Waals surface area (Å²) in [5.74, 6) is 0. The van der Waals surface area contributed by atoms with Crippen molar-refractivity contribution >= 4 is 38.8 Å². The number of nitrogens with one attached hydrogen (secondary N) is 1. The molecule has 0 unspecified atom stereocenters. The summed E-state index contributed by atoms with van der Waals surface area (Å²) in [6.07, 6.45) is 0. The number of benzene rings is 3. The number of anilines is 1. The molecule has 5 aromatic rings. The molecule has 148 valence electrons. The van der Waals surface area contributed by atoms with Crippen molar-refractivity contribution in [3.63, 3.8) is 0 Å². The molecule has 1 saturated heterocycles. The van der Waals surface area contributed by atoms with E-state index < -0.39 is 0 Å². The zero-order valence-electron chi connectivity index (χ0n) is 16.7. The van der Waals surface area contributed by atoms with Crippen molar-refractivity contribution in [2.45, 2.75) is 0 Å². The predicted octanol–water partition coefficient (Wildman–Crippen LogP) is 5.92. The Morgan fingerprint density at radius 2 is 1.30 bits per heavy atom. The third-order valence-corrected chi connectivity index (χ3v) is 7.15. The molecular formula is C26H23N3S.